The van der Waals surface area contributed by atoms with Crippen molar-refractivity contribution < 1.29 is 28.6 Å². The highest BCUT2D eigenvalue weighted by molar-refractivity contribution is 7.91. The van der Waals surface area contributed by atoms with Gasteiger partial charge in [-0.15, -0.1) is 11.3 Å². The first-order valence-electron chi connectivity index (χ1n) is 10.7. The van der Waals surface area contributed by atoms with Crippen molar-refractivity contribution in [1.29, 1.82) is 0 Å². The zero-order valence-corrected chi connectivity index (χ0v) is 20.8. The monoisotopic (exact) mass is 507 g/mol. The van der Waals surface area contributed by atoms with E-state index in [9.17, 15) is 28.6 Å². The van der Waals surface area contributed by atoms with E-state index in [-0.39, 0.29) is 28.5 Å². The Morgan fingerprint density at radius 3 is 2.41 bits per heavy atom. The summed E-state index contributed by atoms with van der Waals surface area (Å²) in [5, 5.41) is 35.0. The number of aromatic hydroxyl groups is 2. The number of hydrogen-bond donors (Lipinski definition) is 5. The summed E-state index contributed by atoms with van der Waals surface area (Å²) in [4.78, 5) is 13.2. The Kier molecular flexibility index (Phi) is 7.90. The van der Waals surface area contributed by atoms with Gasteiger partial charge in [0.25, 0.3) is 0 Å². The highest BCUT2D eigenvalue weighted by Gasteiger charge is 2.31. The number of rotatable bonds is 10. The molecule has 0 bridgehead atoms. The maximum absolute atomic E-state index is 13.3. The normalized spacial score (nSPS) is 12.6. The number of anilines is 1. The summed E-state index contributed by atoms with van der Waals surface area (Å²) in [6.45, 7) is 3.91. The van der Waals surface area contributed by atoms with Crippen LogP contribution in [0.25, 0.3) is 0 Å². The molecule has 0 unspecified atom stereocenters. The second-order valence-corrected chi connectivity index (χ2v) is 11.3. The van der Waals surface area contributed by atoms with Crippen LogP contribution in [0, 0.1) is 5.92 Å². The van der Waals surface area contributed by atoms with Crippen LogP contribution in [0.1, 0.15) is 35.9 Å². The van der Waals surface area contributed by atoms with Crippen molar-refractivity contribution in [3.8, 4) is 11.8 Å². The Bertz CT molecular complexity index is 1250. The lowest BCUT2D eigenvalue weighted by Crippen LogP contribution is -2.31. The molecule has 0 saturated heterocycles. The standard InChI is InChI=1S/C23H29N3O6S2/c1-14(2)9-19-21(17(25-30)12-33-19)34(31,32)13-16-11-20(27)26(23(16)29)18(22(28)24-3)10-15-7-5-4-6-8-15/h4-8,11-12,14,18,25,27,29-30H,9-10,13H2,1-3H3,(H,24,28)/t18-/m0/s1. The number of hydrogen-bond acceptors (Lipinski definition) is 8. The number of sulfone groups is 1. The highest BCUT2D eigenvalue weighted by atomic mass is 32.2. The Morgan fingerprint density at radius 1 is 1.15 bits per heavy atom. The summed E-state index contributed by atoms with van der Waals surface area (Å²) in [5.74, 6) is -1.83. The van der Waals surface area contributed by atoms with Gasteiger partial charge in [0.1, 0.15) is 10.9 Å². The number of amides is 1. The van der Waals surface area contributed by atoms with Gasteiger partial charge >= 0.3 is 0 Å². The molecule has 2 aromatic heterocycles. The fourth-order valence-corrected chi connectivity index (χ4v) is 7.18. The molecular weight excluding hydrogens is 478 g/mol. The van der Waals surface area contributed by atoms with Crippen LogP contribution < -0.4 is 10.8 Å². The van der Waals surface area contributed by atoms with Crippen LogP contribution in [-0.4, -0.2) is 41.4 Å². The second kappa shape index (κ2) is 10.5. The number of nitrogens with zero attached hydrogens (tertiary/aromatic N) is 1. The Labute approximate surface area is 202 Å². The molecule has 0 aliphatic heterocycles. The van der Waals surface area contributed by atoms with Crippen LogP contribution >= 0.6 is 11.3 Å². The van der Waals surface area contributed by atoms with E-state index in [0.29, 0.717) is 11.3 Å². The number of aromatic nitrogens is 1. The second-order valence-electron chi connectivity index (χ2n) is 8.41. The van der Waals surface area contributed by atoms with Crippen LogP contribution in [0.2, 0.25) is 0 Å². The SMILES string of the molecule is CNC(=O)[C@H](Cc1ccccc1)n1c(O)cc(CS(=O)(=O)c2c(NO)csc2CC(C)C)c1O. The summed E-state index contributed by atoms with van der Waals surface area (Å²) in [5.41, 5.74) is 2.76. The molecule has 0 radical (unpaired) electrons. The van der Waals surface area contributed by atoms with E-state index in [2.05, 4.69) is 5.32 Å². The molecule has 0 fully saturated rings. The van der Waals surface area contributed by atoms with Crippen molar-refractivity contribution in [2.75, 3.05) is 12.5 Å². The van der Waals surface area contributed by atoms with Gasteiger partial charge in [-0.2, -0.15) is 0 Å². The van der Waals surface area contributed by atoms with E-state index in [1.54, 1.807) is 0 Å². The first-order valence-corrected chi connectivity index (χ1v) is 13.2. The minimum atomic E-state index is -4.02. The van der Waals surface area contributed by atoms with Crippen molar-refractivity contribution in [2.45, 2.75) is 43.4 Å². The van der Waals surface area contributed by atoms with Crippen LogP contribution in [0.5, 0.6) is 11.8 Å². The largest absolute Gasteiger partial charge is 0.494 e. The maximum atomic E-state index is 13.3. The van der Waals surface area contributed by atoms with E-state index < -0.39 is 39.3 Å². The minimum absolute atomic E-state index is 0.0347. The Morgan fingerprint density at radius 2 is 1.82 bits per heavy atom. The minimum Gasteiger partial charge on any atom is -0.494 e. The Balaban J connectivity index is 2.01. The first-order chi connectivity index (χ1) is 16.1. The zero-order valence-electron chi connectivity index (χ0n) is 19.1. The van der Waals surface area contributed by atoms with Crippen LogP contribution in [0.3, 0.4) is 0 Å². The topological polar surface area (TPSA) is 141 Å². The molecule has 1 atom stereocenters. The summed E-state index contributed by atoms with van der Waals surface area (Å²) in [7, 11) is -2.58. The van der Waals surface area contributed by atoms with Crippen molar-refractivity contribution in [3.63, 3.8) is 0 Å². The number of carbonyl (C=O) groups excluding carboxylic acids is 1. The highest BCUT2D eigenvalue weighted by Crippen LogP contribution is 2.39. The Hall–Kier alpha value is -3.02. The molecule has 184 valence electrons. The van der Waals surface area contributed by atoms with Gasteiger partial charge < -0.3 is 15.5 Å². The van der Waals surface area contributed by atoms with Crippen molar-refractivity contribution in [3.05, 3.63) is 57.8 Å². The van der Waals surface area contributed by atoms with Gasteiger partial charge in [0.05, 0.1) is 11.4 Å². The smallest absolute Gasteiger partial charge is 0.243 e. The number of benzene rings is 1. The molecule has 3 aromatic rings. The first kappa shape index (κ1) is 25.6. The lowest BCUT2D eigenvalue weighted by Gasteiger charge is -2.19. The van der Waals surface area contributed by atoms with Crippen molar-refractivity contribution >= 4 is 32.8 Å². The van der Waals surface area contributed by atoms with Gasteiger partial charge in [-0.1, -0.05) is 44.2 Å². The third kappa shape index (κ3) is 5.37. The van der Waals surface area contributed by atoms with E-state index >= 15 is 0 Å². The molecule has 3 rings (SSSR count). The summed E-state index contributed by atoms with van der Waals surface area (Å²) in [6.07, 6.45) is 0.666. The molecule has 1 amide bonds. The van der Waals surface area contributed by atoms with Crippen LogP contribution in [-0.2, 0) is 33.2 Å². The molecule has 2 heterocycles. The molecule has 5 N–H and O–H groups in total. The van der Waals surface area contributed by atoms with Gasteiger partial charge in [0.2, 0.25) is 5.91 Å². The van der Waals surface area contributed by atoms with Gasteiger partial charge in [-0.05, 0) is 17.9 Å². The predicted octanol–water partition coefficient (Wildman–Crippen LogP) is 3.46. The molecule has 1 aromatic carbocycles. The molecule has 0 spiro atoms. The lowest BCUT2D eigenvalue weighted by atomic mass is 10.1. The summed E-state index contributed by atoms with van der Waals surface area (Å²) in [6, 6.07) is 9.23. The van der Waals surface area contributed by atoms with E-state index in [0.717, 1.165) is 16.2 Å². The number of carbonyl (C=O) groups is 1. The molecule has 0 aliphatic rings. The van der Waals surface area contributed by atoms with Gasteiger partial charge in [-0.25, -0.2) is 8.42 Å². The molecule has 11 heteroatoms. The number of thiophene rings is 1. The maximum Gasteiger partial charge on any atom is 0.243 e. The molecule has 0 saturated carbocycles. The summed E-state index contributed by atoms with van der Waals surface area (Å²) >= 11 is 1.22. The molecule has 34 heavy (non-hydrogen) atoms. The van der Waals surface area contributed by atoms with E-state index in [4.69, 9.17) is 0 Å². The third-order valence-electron chi connectivity index (χ3n) is 5.39. The molecule has 0 aliphatic carbocycles. The number of nitrogens with one attached hydrogen (secondary N) is 2. The average molecular weight is 508 g/mol. The molecular formula is C23H29N3O6S2. The van der Waals surface area contributed by atoms with Crippen molar-refractivity contribution in [1.82, 2.24) is 9.88 Å². The van der Waals surface area contributed by atoms with Crippen molar-refractivity contribution in [2.24, 2.45) is 5.92 Å². The quantitative estimate of drug-likeness (QED) is 0.265. The van der Waals surface area contributed by atoms with E-state index in [1.165, 1.54) is 23.8 Å². The lowest BCUT2D eigenvalue weighted by molar-refractivity contribution is -0.124. The predicted molar refractivity (Wildman–Crippen MR) is 130 cm³/mol. The third-order valence-corrected chi connectivity index (χ3v) is 8.30. The van der Waals surface area contributed by atoms with Crippen LogP contribution in [0.4, 0.5) is 5.69 Å². The van der Waals surface area contributed by atoms with Crippen LogP contribution in [0.15, 0.2) is 46.7 Å². The zero-order chi connectivity index (χ0) is 25.0. The average Bonchev–Trinajstić information content (AvgIpc) is 3.32. The van der Waals surface area contributed by atoms with E-state index in [1.807, 2.05) is 49.7 Å². The van der Waals surface area contributed by atoms with Gasteiger partial charge in [-0.3, -0.25) is 20.0 Å². The fraction of sp³-hybridized carbons (Fsp3) is 0.348. The number of likely N-dealkylation sites (N-methyl/N-ethyl adjacent to an activating group) is 1. The van der Waals surface area contributed by atoms with Gasteiger partial charge in [0, 0.05) is 35.4 Å². The fourth-order valence-electron chi connectivity index (χ4n) is 3.87. The molecule has 9 nitrogen and oxygen atoms in total. The summed E-state index contributed by atoms with van der Waals surface area (Å²) < 4.78 is 27.7. The van der Waals surface area contributed by atoms with Gasteiger partial charge in [0.15, 0.2) is 21.6 Å².